The number of rotatable bonds is 2. The third-order valence-electron chi connectivity index (χ3n) is 2.99. The van der Waals surface area contributed by atoms with Crippen molar-refractivity contribution in [3.8, 4) is 0 Å². The zero-order valence-corrected chi connectivity index (χ0v) is 9.07. The van der Waals surface area contributed by atoms with Crippen LogP contribution in [-0.2, 0) is 9.59 Å². The summed E-state index contributed by atoms with van der Waals surface area (Å²) in [6.45, 7) is 2.48. The number of nitrogens with two attached hydrogens (primary N) is 1. The van der Waals surface area contributed by atoms with E-state index in [2.05, 4.69) is 5.32 Å². The summed E-state index contributed by atoms with van der Waals surface area (Å²) in [7, 11) is 0. The van der Waals surface area contributed by atoms with E-state index < -0.39 is 11.8 Å². The van der Waals surface area contributed by atoms with Crippen molar-refractivity contribution in [2.45, 2.75) is 12.8 Å². The zero-order valence-electron chi connectivity index (χ0n) is 9.07. The van der Waals surface area contributed by atoms with Crippen LogP contribution in [0.1, 0.15) is 17.0 Å². The maximum atomic E-state index is 11.5. The van der Waals surface area contributed by atoms with Crippen LogP contribution in [0.4, 0.5) is 0 Å². The van der Waals surface area contributed by atoms with Crippen LogP contribution in [-0.4, -0.2) is 18.4 Å². The van der Waals surface area contributed by atoms with E-state index in [9.17, 15) is 9.59 Å². The minimum Gasteiger partial charge on any atom is -0.369 e. The molecule has 1 saturated heterocycles. The lowest BCUT2D eigenvalue weighted by Gasteiger charge is -2.14. The zero-order chi connectivity index (χ0) is 11.7. The number of aryl methyl sites for hydroxylation is 1. The number of carbonyl (C=O) groups excluding carboxylic acids is 2. The van der Waals surface area contributed by atoms with E-state index in [0.29, 0.717) is 6.54 Å². The molecule has 84 valence electrons. The fourth-order valence-corrected chi connectivity index (χ4v) is 2.07. The van der Waals surface area contributed by atoms with Gasteiger partial charge in [-0.3, -0.25) is 9.59 Å². The molecule has 1 fully saturated rings. The molecule has 3 N–H and O–H groups in total. The Hall–Kier alpha value is -1.84. The van der Waals surface area contributed by atoms with Gasteiger partial charge in [-0.15, -0.1) is 0 Å². The van der Waals surface area contributed by atoms with Gasteiger partial charge in [0.15, 0.2) is 0 Å². The summed E-state index contributed by atoms with van der Waals surface area (Å²) in [5.41, 5.74) is 7.38. The van der Waals surface area contributed by atoms with Crippen molar-refractivity contribution in [1.82, 2.24) is 5.32 Å². The van der Waals surface area contributed by atoms with Crippen molar-refractivity contribution in [1.29, 1.82) is 0 Å². The summed E-state index contributed by atoms with van der Waals surface area (Å²) in [6.07, 6.45) is 0. The molecule has 1 heterocycles. The van der Waals surface area contributed by atoms with Crippen molar-refractivity contribution in [3.63, 3.8) is 0 Å². The van der Waals surface area contributed by atoms with E-state index in [1.54, 1.807) is 0 Å². The summed E-state index contributed by atoms with van der Waals surface area (Å²) in [6, 6.07) is 7.82. The molecule has 0 saturated carbocycles. The van der Waals surface area contributed by atoms with Gasteiger partial charge in [0.05, 0.1) is 0 Å². The molecule has 0 spiro atoms. The van der Waals surface area contributed by atoms with E-state index in [0.717, 1.165) is 11.1 Å². The number of amides is 2. The first-order chi connectivity index (χ1) is 7.59. The van der Waals surface area contributed by atoms with Gasteiger partial charge in [0.2, 0.25) is 11.8 Å². The molecule has 1 aromatic carbocycles. The Morgan fingerprint density at radius 3 is 2.56 bits per heavy atom. The lowest BCUT2D eigenvalue weighted by Crippen LogP contribution is -2.32. The fourth-order valence-electron chi connectivity index (χ4n) is 2.07. The van der Waals surface area contributed by atoms with Crippen molar-refractivity contribution in [2.24, 2.45) is 11.7 Å². The van der Waals surface area contributed by atoms with Crippen molar-refractivity contribution < 1.29 is 9.59 Å². The summed E-state index contributed by atoms with van der Waals surface area (Å²) >= 11 is 0. The molecule has 1 aromatic rings. The van der Waals surface area contributed by atoms with Gasteiger partial charge in [-0.25, -0.2) is 0 Å². The molecule has 4 heteroatoms. The average Bonchev–Trinajstić information content (AvgIpc) is 2.61. The van der Waals surface area contributed by atoms with Crippen LogP contribution in [0.15, 0.2) is 24.3 Å². The Balaban J connectivity index is 2.30. The highest BCUT2D eigenvalue weighted by atomic mass is 16.2. The maximum Gasteiger partial charge on any atom is 0.233 e. The van der Waals surface area contributed by atoms with Gasteiger partial charge in [-0.2, -0.15) is 0 Å². The van der Waals surface area contributed by atoms with Gasteiger partial charge in [-0.05, 0) is 12.5 Å². The van der Waals surface area contributed by atoms with E-state index in [1.807, 2.05) is 31.2 Å². The molecule has 16 heavy (non-hydrogen) atoms. The highest BCUT2D eigenvalue weighted by Gasteiger charge is 2.39. The Kier molecular flexibility index (Phi) is 2.64. The first kappa shape index (κ1) is 10.7. The van der Waals surface area contributed by atoms with Crippen LogP contribution in [0.5, 0.6) is 0 Å². The second kappa shape index (κ2) is 3.96. The predicted molar refractivity (Wildman–Crippen MR) is 59.6 cm³/mol. The molecule has 2 unspecified atom stereocenters. The fraction of sp³-hybridized carbons (Fsp3) is 0.333. The molecule has 2 atom stereocenters. The Bertz CT molecular complexity index is 425. The van der Waals surface area contributed by atoms with Gasteiger partial charge < -0.3 is 11.1 Å². The quantitative estimate of drug-likeness (QED) is 0.701. The molecule has 0 aromatic heterocycles. The second-order valence-electron chi connectivity index (χ2n) is 4.14. The molecular weight excluding hydrogens is 204 g/mol. The monoisotopic (exact) mass is 218 g/mol. The second-order valence-corrected chi connectivity index (χ2v) is 4.14. The largest absolute Gasteiger partial charge is 0.369 e. The first-order valence-electron chi connectivity index (χ1n) is 5.23. The van der Waals surface area contributed by atoms with Crippen LogP contribution < -0.4 is 11.1 Å². The van der Waals surface area contributed by atoms with Crippen molar-refractivity contribution >= 4 is 11.8 Å². The van der Waals surface area contributed by atoms with Crippen LogP contribution in [0.25, 0.3) is 0 Å². The van der Waals surface area contributed by atoms with Crippen molar-refractivity contribution in [2.75, 3.05) is 6.54 Å². The minimum absolute atomic E-state index is 0.134. The third kappa shape index (κ3) is 1.78. The Labute approximate surface area is 93.8 Å². The molecule has 0 bridgehead atoms. The Morgan fingerprint density at radius 2 is 2.00 bits per heavy atom. The number of primary amides is 1. The molecule has 4 nitrogen and oxygen atoms in total. The molecule has 0 aliphatic carbocycles. The highest BCUT2D eigenvalue weighted by molar-refractivity contribution is 6.02. The SMILES string of the molecule is Cc1ccc(C2CNC(=O)C2C(N)=O)cc1. The first-order valence-corrected chi connectivity index (χ1v) is 5.23. The molecule has 0 radical (unpaired) electrons. The Morgan fingerprint density at radius 1 is 1.38 bits per heavy atom. The maximum absolute atomic E-state index is 11.5. The number of nitrogens with one attached hydrogen (secondary N) is 1. The highest BCUT2D eigenvalue weighted by Crippen LogP contribution is 2.28. The predicted octanol–water partition coefficient (Wildman–Crippen LogP) is 0.310. The average molecular weight is 218 g/mol. The number of benzene rings is 1. The number of carbonyl (C=O) groups is 2. The van der Waals surface area contributed by atoms with Crippen molar-refractivity contribution in [3.05, 3.63) is 35.4 Å². The van der Waals surface area contributed by atoms with Gasteiger partial charge in [0.1, 0.15) is 5.92 Å². The summed E-state index contributed by atoms with van der Waals surface area (Å²) in [5, 5.41) is 2.67. The lowest BCUT2D eigenvalue weighted by atomic mass is 9.88. The third-order valence-corrected chi connectivity index (χ3v) is 2.99. The molecular formula is C12H14N2O2. The van der Waals surface area contributed by atoms with E-state index >= 15 is 0 Å². The minimum atomic E-state index is -0.734. The molecule has 1 aliphatic rings. The number of hydrogen-bond donors (Lipinski definition) is 2. The van der Waals surface area contributed by atoms with E-state index in [-0.39, 0.29) is 11.8 Å². The molecule has 2 rings (SSSR count). The normalized spacial score (nSPS) is 24.2. The van der Waals surface area contributed by atoms with Crippen LogP contribution >= 0.6 is 0 Å². The topological polar surface area (TPSA) is 72.2 Å². The van der Waals surface area contributed by atoms with Gasteiger partial charge in [0, 0.05) is 12.5 Å². The smallest absolute Gasteiger partial charge is 0.233 e. The van der Waals surface area contributed by atoms with Crippen LogP contribution in [0, 0.1) is 12.8 Å². The summed E-state index contributed by atoms with van der Waals surface area (Å²) < 4.78 is 0. The van der Waals surface area contributed by atoms with Gasteiger partial charge >= 0.3 is 0 Å². The standard InChI is InChI=1S/C12H14N2O2/c1-7-2-4-8(5-3-7)9-6-14-12(16)10(9)11(13)15/h2-5,9-10H,6H2,1H3,(H2,13,15)(H,14,16). The number of hydrogen-bond acceptors (Lipinski definition) is 2. The van der Waals surface area contributed by atoms with Gasteiger partial charge in [-0.1, -0.05) is 29.8 Å². The van der Waals surface area contributed by atoms with E-state index in [4.69, 9.17) is 5.73 Å². The molecule has 2 amide bonds. The lowest BCUT2D eigenvalue weighted by molar-refractivity contribution is -0.131. The van der Waals surface area contributed by atoms with Crippen LogP contribution in [0.3, 0.4) is 0 Å². The summed E-state index contributed by atoms with van der Waals surface area (Å²) in [4.78, 5) is 22.7. The van der Waals surface area contributed by atoms with Crippen LogP contribution in [0.2, 0.25) is 0 Å². The molecule has 1 aliphatic heterocycles. The summed E-state index contributed by atoms with van der Waals surface area (Å²) in [5.74, 6) is -1.69. The van der Waals surface area contributed by atoms with E-state index in [1.165, 1.54) is 0 Å². The van der Waals surface area contributed by atoms with Gasteiger partial charge in [0.25, 0.3) is 0 Å².